The summed E-state index contributed by atoms with van der Waals surface area (Å²) in [6.07, 6.45) is 8.82. The normalized spacial score (nSPS) is 11.7. The second-order valence-corrected chi connectivity index (χ2v) is 6.86. The van der Waals surface area contributed by atoms with Crippen LogP contribution in [-0.2, 0) is 17.8 Å². The van der Waals surface area contributed by atoms with E-state index in [1.54, 1.807) is 0 Å². The van der Waals surface area contributed by atoms with Crippen molar-refractivity contribution in [1.29, 1.82) is 0 Å². The Morgan fingerprint density at radius 2 is 1.96 bits per heavy atom. The van der Waals surface area contributed by atoms with E-state index >= 15 is 0 Å². The molecular formula is C21H27ClN2O2. The molecule has 1 N–H and O–H groups in total. The lowest BCUT2D eigenvalue weighted by Crippen LogP contribution is -2.10. The number of unbranched alkanes of at least 4 members (excludes halogenated alkanes) is 2. The molecule has 0 fully saturated rings. The molecule has 0 saturated heterocycles. The minimum absolute atomic E-state index is 0.594. The number of aryl methyl sites for hydroxylation is 1. The van der Waals surface area contributed by atoms with Crippen LogP contribution in [0, 0.1) is 0 Å². The minimum atomic E-state index is -0.920. The first-order valence-electron chi connectivity index (χ1n) is 9.28. The van der Waals surface area contributed by atoms with E-state index in [4.69, 9.17) is 11.6 Å². The van der Waals surface area contributed by atoms with Crippen LogP contribution in [0.2, 0.25) is 5.02 Å². The Hall–Kier alpha value is -2.07. The van der Waals surface area contributed by atoms with Crippen LogP contribution in [-0.4, -0.2) is 20.6 Å². The third-order valence-electron chi connectivity index (χ3n) is 4.40. The molecule has 140 valence electrons. The average Bonchev–Trinajstić information content (AvgIpc) is 3.01. The number of nitrogens with zero attached hydrogens (tertiary/aromatic N) is 2. The Balaban J connectivity index is 2.45. The molecule has 0 unspecified atom stereocenters. The fourth-order valence-corrected chi connectivity index (χ4v) is 3.16. The molecule has 0 saturated carbocycles. The van der Waals surface area contributed by atoms with Crippen LogP contribution in [0.5, 0.6) is 0 Å². The molecule has 1 aromatic heterocycles. The van der Waals surface area contributed by atoms with Gasteiger partial charge in [-0.15, -0.1) is 0 Å². The molecule has 4 nitrogen and oxygen atoms in total. The molecule has 1 aromatic carbocycles. The van der Waals surface area contributed by atoms with Crippen LogP contribution in [0.1, 0.15) is 63.0 Å². The second kappa shape index (κ2) is 10.2. The summed E-state index contributed by atoms with van der Waals surface area (Å²) in [4.78, 5) is 15.9. The molecule has 5 heteroatoms. The summed E-state index contributed by atoms with van der Waals surface area (Å²) in [5.74, 6) is 0.0614. The van der Waals surface area contributed by atoms with Crippen LogP contribution in [0.25, 0.3) is 5.57 Å². The number of rotatable bonds is 10. The molecule has 0 aliphatic rings. The van der Waals surface area contributed by atoms with Crippen LogP contribution >= 0.6 is 11.6 Å². The molecule has 0 amide bonds. The van der Waals surface area contributed by atoms with Crippen molar-refractivity contribution >= 4 is 23.1 Å². The van der Waals surface area contributed by atoms with Crippen LogP contribution in [0.3, 0.4) is 0 Å². The first-order valence-corrected chi connectivity index (χ1v) is 9.66. The topological polar surface area (TPSA) is 55.1 Å². The number of aliphatic carboxylic acids is 1. The zero-order valence-electron chi connectivity index (χ0n) is 15.5. The Morgan fingerprint density at radius 1 is 1.23 bits per heavy atom. The molecule has 2 aromatic rings. The number of carboxylic acids is 1. The summed E-state index contributed by atoms with van der Waals surface area (Å²) >= 11 is 6.36. The number of carboxylic acid groups (broad SMARTS) is 1. The Morgan fingerprint density at radius 3 is 2.62 bits per heavy atom. The van der Waals surface area contributed by atoms with Gasteiger partial charge in [-0.1, -0.05) is 56.5 Å². The summed E-state index contributed by atoms with van der Waals surface area (Å²) in [6, 6.07) is 7.76. The molecule has 0 aliphatic carbocycles. The SMILES string of the molecule is CCCC/C(=C\C(=O)O)c1cnc(CCCC)n1Cc1ccccc1Cl. The van der Waals surface area contributed by atoms with Gasteiger partial charge in [-0.25, -0.2) is 9.78 Å². The smallest absolute Gasteiger partial charge is 0.328 e. The molecule has 2 rings (SSSR count). The molecule has 0 spiro atoms. The van der Waals surface area contributed by atoms with Crippen molar-refractivity contribution < 1.29 is 9.90 Å². The largest absolute Gasteiger partial charge is 0.478 e. The maximum Gasteiger partial charge on any atom is 0.328 e. The summed E-state index contributed by atoms with van der Waals surface area (Å²) < 4.78 is 2.13. The fourth-order valence-electron chi connectivity index (χ4n) is 2.97. The molecule has 0 radical (unpaired) electrons. The number of allylic oxidation sites excluding steroid dienone is 1. The van der Waals surface area contributed by atoms with Gasteiger partial charge in [0.2, 0.25) is 0 Å². The number of carbonyl (C=O) groups is 1. The predicted octanol–water partition coefficient (Wildman–Crippen LogP) is 5.59. The van der Waals surface area contributed by atoms with E-state index in [9.17, 15) is 9.90 Å². The van der Waals surface area contributed by atoms with Crippen molar-refractivity contribution in [2.45, 2.75) is 58.9 Å². The number of hydrogen-bond donors (Lipinski definition) is 1. The van der Waals surface area contributed by atoms with Crippen molar-refractivity contribution in [2.24, 2.45) is 0 Å². The lowest BCUT2D eigenvalue weighted by molar-refractivity contribution is -0.131. The van der Waals surface area contributed by atoms with Gasteiger partial charge >= 0.3 is 5.97 Å². The maximum atomic E-state index is 11.3. The average molecular weight is 375 g/mol. The first kappa shape index (κ1) is 20.2. The van der Waals surface area contributed by atoms with Gasteiger partial charge in [0, 0.05) is 17.5 Å². The Kier molecular flexibility index (Phi) is 7.92. The third-order valence-corrected chi connectivity index (χ3v) is 4.77. The Bertz CT molecular complexity index is 765. The van der Waals surface area contributed by atoms with Crippen LogP contribution in [0.4, 0.5) is 0 Å². The van der Waals surface area contributed by atoms with Crippen molar-refractivity contribution in [3.05, 3.63) is 58.6 Å². The number of imidazole rings is 1. The highest BCUT2D eigenvalue weighted by Gasteiger charge is 2.16. The van der Waals surface area contributed by atoms with E-state index in [1.807, 2.05) is 30.5 Å². The van der Waals surface area contributed by atoms with Gasteiger partial charge in [0.1, 0.15) is 5.82 Å². The van der Waals surface area contributed by atoms with Gasteiger partial charge in [-0.05, 0) is 36.5 Å². The summed E-state index contributed by atoms with van der Waals surface area (Å²) in [6.45, 7) is 4.85. The molecule has 0 bridgehead atoms. The lowest BCUT2D eigenvalue weighted by Gasteiger charge is -2.15. The predicted molar refractivity (Wildman–Crippen MR) is 107 cm³/mol. The van der Waals surface area contributed by atoms with E-state index < -0.39 is 5.97 Å². The van der Waals surface area contributed by atoms with Gasteiger partial charge in [0.05, 0.1) is 18.4 Å². The molecule has 0 aliphatic heterocycles. The number of halogens is 1. The monoisotopic (exact) mass is 374 g/mol. The number of hydrogen-bond acceptors (Lipinski definition) is 2. The summed E-state index contributed by atoms with van der Waals surface area (Å²) in [7, 11) is 0. The van der Waals surface area contributed by atoms with E-state index in [2.05, 4.69) is 23.4 Å². The van der Waals surface area contributed by atoms with Gasteiger partial charge in [-0.2, -0.15) is 0 Å². The van der Waals surface area contributed by atoms with Crippen molar-refractivity contribution in [2.75, 3.05) is 0 Å². The van der Waals surface area contributed by atoms with Gasteiger partial charge in [0.25, 0.3) is 0 Å². The van der Waals surface area contributed by atoms with E-state index in [-0.39, 0.29) is 0 Å². The van der Waals surface area contributed by atoms with Crippen molar-refractivity contribution in [3.63, 3.8) is 0 Å². The summed E-state index contributed by atoms with van der Waals surface area (Å²) in [5, 5.41) is 10.0. The first-order chi connectivity index (χ1) is 12.6. The van der Waals surface area contributed by atoms with Crippen molar-refractivity contribution in [3.8, 4) is 0 Å². The lowest BCUT2D eigenvalue weighted by atomic mass is 10.0. The molecular weight excluding hydrogens is 348 g/mol. The minimum Gasteiger partial charge on any atom is -0.478 e. The maximum absolute atomic E-state index is 11.3. The highest BCUT2D eigenvalue weighted by atomic mass is 35.5. The van der Waals surface area contributed by atoms with Gasteiger partial charge in [-0.3, -0.25) is 0 Å². The third kappa shape index (κ3) is 5.46. The Labute approximate surface area is 160 Å². The standard InChI is InChI=1S/C21H27ClN2O2/c1-3-5-9-16(13-21(25)26)19-14-23-20(12-6-4-2)24(19)15-17-10-7-8-11-18(17)22/h7-8,10-11,13-14H,3-6,9,12,15H2,1-2H3,(H,25,26)/b16-13+. The van der Waals surface area contributed by atoms with Crippen LogP contribution < -0.4 is 0 Å². The van der Waals surface area contributed by atoms with Crippen LogP contribution in [0.15, 0.2) is 36.5 Å². The molecule has 1 heterocycles. The van der Waals surface area contributed by atoms with E-state index in [0.29, 0.717) is 11.6 Å². The van der Waals surface area contributed by atoms with E-state index in [1.165, 1.54) is 6.08 Å². The highest BCUT2D eigenvalue weighted by Crippen LogP contribution is 2.26. The zero-order valence-corrected chi connectivity index (χ0v) is 16.3. The molecule has 0 atom stereocenters. The number of aromatic nitrogens is 2. The fraction of sp³-hybridized carbons (Fsp3) is 0.429. The highest BCUT2D eigenvalue weighted by molar-refractivity contribution is 6.31. The molecule has 26 heavy (non-hydrogen) atoms. The quantitative estimate of drug-likeness (QED) is 0.552. The summed E-state index contributed by atoms with van der Waals surface area (Å²) in [5.41, 5.74) is 2.71. The number of benzene rings is 1. The zero-order chi connectivity index (χ0) is 18.9. The van der Waals surface area contributed by atoms with Gasteiger partial charge in [0.15, 0.2) is 0 Å². The van der Waals surface area contributed by atoms with E-state index in [0.717, 1.165) is 61.2 Å². The van der Waals surface area contributed by atoms with Gasteiger partial charge < -0.3 is 9.67 Å². The van der Waals surface area contributed by atoms with Crippen molar-refractivity contribution in [1.82, 2.24) is 9.55 Å². The second-order valence-electron chi connectivity index (χ2n) is 6.45.